The summed E-state index contributed by atoms with van der Waals surface area (Å²) in [7, 11) is 0. The molecule has 0 radical (unpaired) electrons. The van der Waals surface area contributed by atoms with E-state index in [1.54, 1.807) is 0 Å². The van der Waals surface area contributed by atoms with Gasteiger partial charge in [0.2, 0.25) is 0 Å². The van der Waals surface area contributed by atoms with Crippen LogP contribution in [0.3, 0.4) is 0 Å². The molecule has 0 spiro atoms. The molecule has 1 amide bonds. The largest absolute Gasteiger partial charge is 0.444 e. The van der Waals surface area contributed by atoms with Crippen LogP contribution in [0.4, 0.5) is 4.79 Å². The first kappa shape index (κ1) is 17.6. The van der Waals surface area contributed by atoms with E-state index in [9.17, 15) is 4.79 Å². The van der Waals surface area contributed by atoms with Crippen molar-refractivity contribution in [1.82, 2.24) is 10.2 Å². The molecular formula is C18H34N2O2. The summed E-state index contributed by atoms with van der Waals surface area (Å²) >= 11 is 0. The number of amides is 1. The molecular weight excluding hydrogens is 276 g/mol. The smallest absolute Gasteiger partial charge is 0.410 e. The molecule has 0 aromatic carbocycles. The van der Waals surface area contributed by atoms with Crippen LogP contribution in [0.2, 0.25) is 0 Å². The number of hydrogen-bond acceptors (Lipinski definition) is 3. The first-order chi connectivity index (χ1) is 9.95. The zero-order valence-corrected chi connectivity index (χ0v) is 15.5. The molecule has 1 heterocycles. The van der Waals surface area contributed by atoms with Crippen molar-refractivity contribution < 1.29 is 9.53 Å². The van der Waals surface area contributed by atoms with Gasteiger partial charge in [-0.05, 0) is 56.9 Å². The fraction of sp³-hybridized carbons (Fsp3) is 0.944. The maximum atomic E-state index is 12.1. The minimum atomic E-state index is -0.407. The standard InChI is InChI=1S/C18H34N2O2/c1-16(2,3)22-15(21)20-10-8-13(9-11-20)19-12-14-17(4,5)18(14,6)7/h13-14,19H,8-12H2,1-7H3. The summed E-state index contributed by atoms with van der Waals surface area (Å²) in [4.78, 5) is 13.9. The van der Waals surface area contributed by atoms with Crippen LogP contribution in [0.1, 0.15) is 61.3 Å². The van der Waals surface area contributed by atoms with E-state index in [-0.39, 0.29) is 6.09 Å². The maximum Gasteiger partial charge on any atom is 0.410 e. The number of nitrogens with zero attached hydrogens (tertiary/aromatic N) is 1. The highest BCUT2D eigenvalue weighted by Gasteiger charge is 2.63. The molecule has 4 nitrogen and oxygen atoms in total. The van der Waals surface area contributed by atoms with Gasteiger partial charge in [-0.2, -0.15) is 0 Å². The molecule has 0 bridgehead atoms. The normalized spacial score (nSPS) is 25.1. The van der Waals surface area contributed by atoms with Crippen LogP contribution in [0.15, 0.2) is 0 Å². The Labute approximate surface area is 136 Å². The van der Waals surface area contributed by atoms with E-state index >= 15 is 0 Å². The van der Waals surface area contributed by atoms with Gasteiger partial charge in [0.1, 0.15) is 5.60 Å². The average molecular weight is 310 g/mol. The third-order valence-corrected chi connectivity index (χ3v) is 6.08. The maximum absolute atomic E-state index is 12.1. The van der Waals surface area contributed by atoms with E-state index in [4.69, 9.17) is 4.74 Å². The van der Waals surface area contributed by atoms with Crippen molar-refractivity contribution in [2.75, 3.05) is 19.6 Å². The van der Waals surface area contributed by atoms with Gasteiger partial charge >= 0.3 is 6.09 Å². The summed E-state index contributed by atoms with van der Waals surface area (Å²) in [5.41, 5.74) is 0.476. The van der Waals surface area contributed by atoms with E-state index < -0.39 is 5.60 Å². The summed E-state index contributed by atoms with van der Waals surface area (Å²) < 4.78 is 5.44. The molecule has 1 N–H and O–H groups in total. The molecule has 2 rings (SSSR count). The predicted octanol–water partition coefficient (Wildman–Crippen LogP) is 3.66. The minimum Gasteiger partial charge on any atom is -0.444 e. The first-order valence-corrected chi connectivity index (χ1v) is 8.66. The van der Waals surface area contributed by atoms with E-state index in [2.05, 4.69) is 33.0 Å². The Morgan fingerprint density at radius 1 is 1.14 bits per heavy atom. The third-order valence-electron chi connectivity index (χ3n) is 6.08. The average Bonchev–Trinajstić information content (AvgIpc) is 2.75. The summed E-state index contributed by atoms with van der Waals surface area (Å²) in [6.45, 7) is 17.9. The van der Waals surface area contributed by atoms with Gasteiger partial charge in [0.15, 0.2) is 0 Å². The van der Waals surface area contributed by atoms with Crippen molar-refractivity contribution in [2.24, 2.45) is 16.7 Å². The topological polar surface area (TPSA) is 41.6 Å². The Morgan fingerprint density at radius 3 is 2.05 bits per heavy atom. The van der Waals surface area contributed by atoms with Crippen LogP contribution in [-0.2, 0) is 4.74 Å². The Kier molecular flexibility index (Phi) is 4.55. The lowest BCUT2D eigenvalue weighted by Crippen LogP contribution is -2.47. The highest BCUT2D eigenvalue weighted by Crippen LogP contribution is 2.67. The second kappa shape index (κ2) is 5.70. The van der Waals surface area contributed by atoms with Gasteiger partial charge in [0.05, 0.1) is 0 Å². The molecule has 0 unspecified atom stereocenters. The highest BCUT2D eigenvalue weighted by atomic mass is 16.6. The number of nitrogens with one attached hydrogen (secondary N) is 1. The van der Waals surface area contributed by atoms with Crippen LogP contribution in [0, 0.1) is 16.7 Å². The number of likely N-dealkylation sites (tertiary alicyclic amines) is 1. The fourth-order valence-electron chi connectivity index (χ4n) is 3.72. The van der Waals surface area contributed by atoms with E-state index in [1.165, 1.54) is 0 Å². The van der Waals surface area contributed by atoms with Crippen LogP contribution < -0.4 is 5.32 Å². The number of hydrogen-bond donors (Lipinski definition) is 1. The predicted molar refractivity (Wildman–Crippen MR) is 89.9 cm³/mol. The molecule has 2 fully saturated rings. The van der Waals surface area contributed by atoms with Crippen molar-refractivity contribution in [3.63, 3.8) is 0 Å². The second-order valence-corrected chi connectivity index (χ2v) is 9.15. The minimum absolute atomic E-state index is 0.171. The van der Waals surface area contributed by atoms with Crippen LogP contribution >= 0.6 is 0 Å². The van der Waals surface area contributed by atoms with E-state index in [0.29, 0.717) is 16.9 Å². The van der Waals surface area contributed by atoms with Crippen molar-refractivity contribution >= 4 is 6.09 Å². The summed E-state index contributed by atoms with van der Waals surface area (Å²) in [5, 5.41) is 3.72. The Balaban J connectivity index is 1.71. The number of carbonyl (C=O) groups is 1. The summed E-state index contributed by atoms with van der Waals surface area (Å²) in [5.74, 6) is 0.754. The highest BCUT2D eigenvalue weighted by molar-refractivity contribution is 5.68. The third kappa shape index (κ3) is 3.58. The van der Waals surface area contributed by atoms with Gasteiger partial charge in [-0.1, -0.05) is 27.7 Å². The fourth-order valence-corrected chi connectivity index (χ4v) is 3.72. The van der Waals surface area contributed by atoms with Crippen molar-refractivity contribution in [2.45, 2.75) is 73.0 Å². The Bertz CT molecular complexity index is 401. The molecule has 22 heavy (non-hydrogen) atoms. The molecule has 4 heteroatoms. The van der Waals surface area contributed by atoms with Crippen LogP contribution in [0.25, 0.3) is 0 Å². The van der Waals surface area contributed by atoms with Gasteiger partial charge in [0, 0.05) is 19.1 Å². The number of rotatable bonds is 3. The van der Waals surface area contributed by atoms with Crippen LogP contribution in [-0.4, -0.2) is 42.3 Å². The lowest BCUT2D eigenvalue weighted by molar-refractivity contribution is 0.0198. The van der Waals surface area contributed by atoms with Crippen molar-refractivity contribution in [3.8, 4) is 0 Å². The molecule has 128 valence electrons. The molecule has 1 aliphatic carbocycles. The van der Waals surface area contributed by atoms with Gasteiger partial charge in [-0.3, -0.25) is 0 Å². The SMILES string of the molecule is CC(C)(C)OC(=O)N1CCC(NCC2C(C)(C)C2(C)C)CC1. The van der Waals surface area contributed by atoms with Gasteiger partial charge in [-0.15, -0.1) is 0 Å². The first-order valence-electron chi connectivity index (χ1n) is 8.66. The van der Waals surface area contributed by atoms with Gasteiger partial charge < -0.3 is 15.0 Å². The molecule has 1 saturated carbocycles. The molecule has 0 atom stereocenters. The van der Waals surface area contributed by atoms with Gasteiger partial charge in [0.25, 0.3) is 0 Å². The summed E-state index contributed by atoms with van der Waals surface area (Å²) in [6, 6.07) is 0.533. The lowest BCUT2D eigenvalue weighted by atomic mass is 10.0. The number of piperidine rings is 1. The quantitative estimate of drug-likeness (QED) is 0.865. The Hall–Kier alpha value is -0.770. The second-order valence-electron chi connectivity index (χ2n) is 9.15. The summed E-state index contributed by atoms with van der Waals surface area (Å²) in [6.07, 6.45) is 1.87. The van der Waals surface area contributed by atoms with Gasteiger partial charge in [-0.25, -0.2) is 4.79 Å². The molecule has 2 aliphatic rings. The van der Waals surface area contributed by atoms with Crippen molar-refractivity contribution in [3.05, 3.63) is 0 Å². The molecule has 1 aliphatic heterocycles. The molecule has 0 aromatic heterocycles. The zero-order valence-electron chi connectivity index (χ0n) is 15.5. The number of ether oxygens (including phenoxy) is 1. The zero-order chi connectivity index (χ0) is 16.8. The van der Waals surface area contributed by atoms with E-state index in [1.807, 2.05) is 25.7 Å². The molecule has 0 aromatic rings. The van der Waals surface area contributed by atoms with Crippen molar-refractivity contribution in [1.29, 1.82) is 0 Å². The number of carbonyl (C=O) groups excluding carboxylic acids is 1. The lowest BCUT2D eigenvalue weighted by Gasteiger charge is -2.34. The molecule has 1 saturated heterocycles. The van der Waals surface area contributed by atoms with E-state index in [0.717, 1.165) is 38.4 Å². The monoisotopic (exact) mass is 310 g/mol. The van der Waals surface area contributed by atoms with Crippen LogP contribution in [0.5, 0.6) is 0 Å². The Morgan fingerprint density at radius 2 is 1.64 bits per heavy atom.